The first-order chi connectivity index (χ1) is 17.8. The highest BCUT2D eigenvalue weighted by Gasteiger charge is 2.36. The third-order valence-electron chi connectivity index (χ3n) is 7.71. The molecule has 0 spiro atoms. The normalized spacial score (nSPS) is 20.8. The van der Waals surface area contributed by atoms with E-state index in [1.54, 1.807) is 24.3 Å². The second kappa shape index (κ2) is 9.20. The minimum absolute atomic E-state index is 0.0127. The summed E-state index contributed by atoms with van der Waals surface area (Å²) in [4.78, 5) is 7.17. The molecule has 0 radical (unpaired) electrons. The number of hydrogen-bond donors (Lipinski definition) is 3. The zero-order chi connectivity index (χ0) is 25.7. The number of aromatic nitrogens is 2. The molecule has 4 aromatic rings. The molecule has 2 atom stereocenters. The van der Waals surface area contributed by atoms with Crippen molar-refractivity contribution in [2.75, 3.05) is 13.2 Å². The van der Waals surface area contributed by atoms with E-state index in [1.807, 2.05) is 25.1 Å². The number of fused-ring (bicyclic) bond motifs is 1. The van der Waals surface area contributed by atoms with E-state index in [1.165, 1.54) is 6.07 Å². The van der Waals surface area contributed by atoms with Gasteiger partial charge in [0.25, 0.3) is 6.01 Å². The summed E-state index contributed by atoms with van der Waals surface area (Å²) >= 11 is 0. The molecule has 1 saturated carbocycles. The van der Waals surface area contributed by atoms with Crippen LogP contribution in [0.1, 0.15) is 48.3 Å². The summed E-state index contributed by atoms with van der Waals surface area (Å²) in [5, 5.41) is 19.9. The van der Waals surface area contributed by atoms with Crippen LogP contribution in [0.4, 0.5) is 8.78 Å². The number of rotatable bonds is 6. The maximum absolute atomic E-state index is 15.5. The van der Waals surface area contributed by atoms with E-state index in [0.29, 0.717) is 30.8 Å². The Bertz CT molecular complexity index is 1460. The molecule has 1 aromatic heterocycles. The number of halogens is 2. The number of benzene rings is 3. The molecule has 3 aromatic carbocycles. The van der Waals surface area contributed by atoms with Crippen LogP contribution in [-0.4, -0.2) is 39.5 Å². The number of H-pyrrole nitrogens is 1. The zero-order valence-corrected chi connectivity index (χ0v) is 20.4. The molecular weight excluding hydrogens is 478 g/mol. The van der Waals surface area contributed by atoms with E-state index in [2.05, 4.69) is 9.97 Å². The summed E-state index contributed by atoms with van der Waals surface area (Å²) in [6, 6.07) is 13.8. The lowest BCUT2D eigenvalue weighted by atomic mass is 9.75. The van der Waals surface area contributed by atoms with E-state index in [4.69, 9.17) is 9.47 Å². The van der Waals surface area contributed by atoms with Crippen molar-refractivity contribution in [3.63, 3.8) is 0 Å². The van der Waals surface area contributed by atoms with Crippen LogP contribution in [-0.2, 0) is 10.3 Å². The number of aliphatic hydroxyl groups excluding tert-OH is 1. The van der Waals surface area contributed by atoms with E-state index >= 15 is 8.78 Å². The monoisotopic (exact) mass is 506 g/mol. The van der Waals surface area contributed by atoms with Crippen molar-refractivity contribution in [3.05, 3.63) is 76.9 Å². The van der Waals surface area contributed by atoms with Crippen molar-refractivity contribution >= 4 is 11.0 Å². The lowest BCUT2D eigenvalue weighted by Crippen LogP contribution is -2.33. The van der Waals surface area contributed by atoms with E-state index in [0.717, 1.165) is 29.5 Å². The molecule has 2 unspecified atom stereocenters. The van der Waals surface area contributed by atoms with Gasteiger partial charge in [-0.3, -0.25) is 0 Å². The summed E-state index contributed by atoms with van der Waals surface area (Å²) in [6.45, 7) is 2.40. The van der Waals surface area contributed by atoms with Gasteiger partial charge < -0.3 is 24.7 Å². The highest BCUT2D eigenvalue weighted by atomic mass is 19.1. The van der Waals surface area contributed by atoms with Crippen LogP contribution < -0.4 is 4.74 Å². The summed E-state index contributed by atoms with van der Waals surface area (Å²) in [5.74, 6) is -0.802. The summed E-state index contributed by atoms with van der Waals surface area (Å²) in [5.41, 5.74) is 2.18. The van der Waals surface area contributed by atoms with Gasteiger partial charge in [-0.25, -0.2) is 8.78 Å². The standard InChI is InChI=1S/C29H28F2N2O4/c1-16-3-4-18(19-11-21(14-34)36-15-19)12-24(16)37-28-32-23-13-22(30)25(26(31)27(23)33-28)17-5-7-20(8-6-17)29(35)9-2-10-29/h3-8,12-13,19,21,34-35H,2,9-11,14-15H2,1H3,(H,32,33). The van der Waals surface area contributed by atoms with Gasteiger partial charge in [-0.1, -0.05) is 36.4 Å². The molecule has 192 valence electrons. The van der Waals surface area contributed by atoms with E-state index in [-0.39, 0.29) is 41.2 Å². The fourth-order valence-electron chi connectivity index (χ4n) is 5.27. The second-order valence-corrected chi connectivity index (χ2v) is 10.1. The molecule has 0 amide bonds. The average molecular weight is 507 g/mol. The largest absolute Gasteiger partial charge is 0.425 e. The summed E-state index contributed by atoms with van der Waals surface area (Å²) < 4.78 is 42.2. The number of ether oxygens (including phenoxy) is 2. The number of nitrogens with zero attached hydrogens (tertiary/aromatic N) is 1. The van der Waals surface area contributed by atoms with Crippen LogP contribution in [0.3, 0.4) is 0 Å². The minimum atomic E-state index is -0.839. The van der Waals surface area contributed by atoms with Crippen LogP contribution in [0, 0.1) is 18.6 Å². The van der Waals surface area contributed by atoms with Crippen molar-refractivity contribution in [2.45, 2.75) is 50.2 Å². The van der Waals surface area contributed by atoms with Crippen LogP contribution in [0.15, 0.2) is 48.5 Å². The van der Waals surface area contributed by atoms with Gasteiger partial charge in [-0.15, -0.1) is 0 Å². The van der Waals surface area contributed by atoms with Crippen LogP contribution >= 0.6 is 0 Å². The molecule has 2 heterocycles. The molecule has 37 heavy (non-hydrogen) atoms. The lowest BCUT2D eigenvalue weighted by molar-refractivity contribution is -0.0387. The molecular formula is C29H28F2N2O4. The molecule has 2 aliphatic rings. The molecule has 2 fully saturated rings. The maximum Gasteiger partial charge on any atom is 0.300 e. The number of aliphatic hydroxyl groups is 2. The fourth-order valence-corrected chi connectivity index (χ4v) is 5.27. The Morgan fingerprint density at radius 1 is 1.14 bits per heavy atom. The van der Waals surface area contributed by atoms with Gasteiger partial charge in [0.1, 0.15) is 17.1 Å². The number of aromatic amines is 1. The fraction of sp³-hybridized carbons (Fsp3) is 0.345. The van der Waals surface area contributed by atoms with Gasteiger partial charge in [0, 0.05) is 12.0 Å². The quantitative estimate of drug-likeness (QED) is 0.306. The maximum atomic E-state index is 15.5. The average Bonchev–Trinajstić information content (AvgIpc) is 3.51. The molecule has 1 saturated heterocycles. The van der Waals surface area contributed by atoms with Crippen molar-refractivity contribution in [3.8, 4) is 22.9 Å². The van der Waals surface area contributed by atoms with Gasteiger partial charge in [0.05, 0.1) is 36.0 Å². The minimum Gasteiger partial charge on any atom is -0.425 e. The lowest BCUT2D eigenvalue weighted by Gasteiger charge is -2.37. The number of hydrogen-bond acceptors (Lipinski definition) is 5. The third-order valence-corrected chi connectivity index (χ3v) is 7.71. The summed E-state index contributed by atoms with van der Waals surface area (Å²) in [7, 11) is 0. The first kappa shape index (κ1) is 24.0. The Hall–Kier alpha value is -3.33. The van der Waals surface area contributed by atoms with Gasteiger partial charge in [-0.05, 0) is 60.9 Å². The first-order valence-corrected chi connectivity index (χ1v) is 12.6. The highest BCUT2D eigenvalue weighted by molar-refractivity contribution is 5.84. The number of imidazole rings is 1. The van der Waals surface area contributed by atoms with E-state index < -0.39 is 17.2 Å². The molecule has 6 rings (SSSR count). The number of aryl methyl sites for hydroxylation is 1. The molecule has 8 heteroatoms. The van der Waals surface area contributed by atoms with Gasteiger partial charge in [0.15, 0.2) is 5.82 Å². The Balaban J connectivity index is 1.29. The van der Waals surface area contributed by atoms with Gasteiger partial charge in [-0.2, -0.15) is 4.98 Å². The highest BCUT2D eigenvalue weighted by Crippen LogP contribution is 2.42. The topological polar surface area (TPSA) is 87.6 Å². The number of nitrogens with one attached hydrogen (secondary N) is 1. The molecule has 0 bridgehead atoms. The van der Waals surface area contributed by atoms with Gasteiger partial charge >= 0.3 is 0 Å². The van der Waals surface area contributed by atoms with Crippen LogP contribution in [0.5, 0.6) is 11.8 Å². The van der Waals surface area contributed by atoms with Crippen molar-refractivity contribution in [1.82, 2.24) is 9.97 Å². The Morgan fingerprint density at radius 2 is 1.92 bits per heavy atom. The molecule has 6 nitrogen and oxygen atoms in total. The predicted octanol–water partition coefficient (Wildman–Crippen LogP) is 5.85. The van der Waals surface area contributed by atoms with Crippen LogP contribution in [0.2, 0.25) is 0 Å². The molecule has 1 aliphatic carbocycles. The first-order valence-electron chi connectivity index (χ1n) is 12.6. The Morgan fingerprint density at radius 3 is 2.59 bits per heavy atom. The zero-order valence-electron chi connectivity index (χ0n) is 20.4. The second-order valence-electron chi connectivity index (χ2n) is 10.1. The van der Waals surface area contributed by atoms with Crippen molar-refractivity contribution in [2.24, 2.45) is 0 Å². The van der Waals surface area contributed by atoms with Crippen LogP contribution in [0.25, 0.3) is 22.2 Å². The Kier molecular flexibility index (Phi) is 5.98. The smallest absolute Gasteiger partial charge is 0.300 e. The molecule has 3 N–H and O–H groups in total. The van der Waals surface area contributed by atoms with Crippen molar-refractivity contribution < 1.29 is 28.5 Å². The van der Waals surface area contributed by atoms with E-state index in [9.17, 15) is 10.2 Å². The third kappa shape index (κ3) is 4.29. The van der Waals surface area contributed by atoms with Gasteiger partial charge in [0.2, 0.25) is 0 Å². The summed E-state index contributed by atoms with van der Waals surface area (Å²) in [6.07, 6.45) is 2.90. The predicted molar refractivity (Wildman–Crippen MR) is 135 cm³/mol. The Labute approximate surface area is 212 Å². The van der Waals surface area contributed by atoms with Crippen molar-refractivity contribution in [1.29, 1.82) is 0 Å². The molecule has 1 aliphatic heterocycles. The SMILES string of the molecule is Cc1ccc(C2COC(CO)C2)cc1Oc1nc2c(F)c(-c3ccc(C4(O)CCC4)cc3)c(F)cc2[nH]1.